The summed E-state index contributed by atoms with van der Waals surface area (Å²) in [6.07, 6.45) is 0. The van der Waals surface area contributed by atoms with Gasteiger partial charge in [0.25, 0.3) is 17.7 Å². The number of nitrogens with one attached hydrogen (secondary N) is 1. The predicted molar refractivity (Wildman–Crippen MR) is 124 cm³/mol. The quantitative estimate of drug-likeness (QED) is 0.372. The van der Waals surface area contributed by atoms with Crippen molar-refractivity contribution in [3.63, 3.8) is 0 Å². The van der Waals surface area contributed by atoms with Gasteiger partial charge in [0.1, 0.15) is 28.8 Å². The van der Waals surface area contributed by atoms with Gasteiger partial charge in [-0.3, -0.25) is 24.1 Å². The Labute approximate surface area is 203 Å². The number of amides is 3. The van der Waals surface area contributed by atoms with Crippen LogP contribution in [0.3, 0.4) is 0 Å². The lowest BCUT2D eigenvalue weighted by Crippen LogP contribution is -2.45. The third kappa shape index (κ3) is 5.63. The minimum atomic E-state index is -1.45. The Bertz CT molecular complexity index is 1260. The van der Waals surface area contributed by atoms with E-state index >= 15 is 0 Å². The predicted octanol–water partition coefficient (Wildman–Crippen LogP) is 1.93. The van der Waals surface area contributed by atoms with E-state index in [0.29, 0.717) is 17.3 Å². The summed E-state index contributed by atoms with van der Waals surface area (Å²) in [4.78, 5) is 51.3. The summed E-state index contributed by atoms with van der Waals surface area (Å²) in [5.41, 5.74) is 10.8. The van der Waals surface area contributed by atoms with Crippen LogP contribution in [0, 0.1) is 12.7 Å². The van der Waals surface area contributed by atoms with Crippen molar-refractivity contribution in [3.05, 3.63) is 64.3 Å². The Morgan fingerprint density at radius 3 is 2.43 bits per heavy atom. The van der Waals surface area contributed by atoms with Gasteiger partial charge in [-0.25, -0.2) is 4.39 Å². The number of carbonyl (C=O) groups is 4. The van der Waals surface area contributed by atoms with Gasteiger partial charge < -0.3 is 25.9 Å². The molecule has 2 heterocycles. The van der Waals surface area contributed by atoms with Crippen LogP contribution < -0.4 is 21.7 Å². The van der Waals surface area contributed by atoms with Crippen LogP contribution in [0.2, 0.25) is 0 Å². The number of rotatable bonds is 9. The molecule has 184 valence electrons. The zero-order valence-corrected chi connectivity index (χ0v) is 19.6. The maximum absolute atomic E-state index is 13.7. The van der Waals surface area contributed by atoms with Gasteiger partial charge in [-0.15, -0.1) is 0 Å². The highest BCUT2D eigenvalue weighted by molar-refractivity contribution is 7.09. The first-order valence-corrected chi connectivity index (χ1v) is 11.0. The molecule has 3 rings (SSSR count). The highest BCUT2D eigenvalue weighted by Gasteiger charge is 2.38. The molecule has 5 N–H and O–H groups in total. The second-order valence-electron chi connectivity index (χ2n) is 7.16. The van der Waals surface area contributed by atoms with Crippen molar-refractivity contribution >= 4 is 46.6 Å². The summed E-state index contributed by atoms with van der Waals surface area (Å²) in [5.74, 6) is -3.31. The van der Waals surface area contributed by atoms with E-state index in [1.165, 1.54) is 18.2 Å². The molecule has 35 heavy (non-hydrogen) atoms. The Hall–Kier alpha value is -4.26. The number of esters is 1. The number of hydrogen-bond donors (Lipinski definition) is 3. The second kappa shape index (κ2) is 10.8. The molecule has 3 aromatic rings. The van der Waals surface area contributed by atoms with Crippen LogP contribution in [-0.2, 0) is 14.3 Å². The lowest BCUT2D eigenvalue weighted by Gasteiger charge is -2.29. The normalized spacial score (nSPS) is 11.5. The number of benzene rings is 1. The Kier molecular flexibility index (Phi) is 7.81. The number of furan rings is 1. The standard InChI is InChI=1S/C22H22FN5O6S/c1-3-33-15(29)10-26-21(31)18(14-9-4-11(2)34-14)28(13-7-5-12(23)6-8-13)22(32)19-16(24)17(20(25)30)27-35-19/h4-9,18H,3,10,24H2,1-2H3,(H2,25,30)(H,26,31)/t18-/m1/s1. The van der Waals surface area contributed by atoms with E-state index in [1.807, 2.05) is 0 Å². The maximum Gasteiger partial charge on any atom is 0.325 e. The largest absolute Gasteiger partial charge is 0.465 e. The minimum Gasteiger partial charge on any atom is -0.465 e. The number of nitrogens with zero attached hydrogens (tertiary/aromatic N) is 2. The van der Waals surface area contributed by atoms with Crippen LogP contribution in [0.1, 0.15) is 44.6 Å². The summed E-state index contributed by atoms with van der Waals surface area (Å²) in [6.45, 7) is 2.90. The third-order valence-electron chi connectivity index (χ3n) is 4.73. The summed E-state index contributed by atoms with van der Waals surface area (Å²) < 4.78 is 28.0. The SMILES string of the molecule is CCOC(=O)CNC(=O)[C@@H](c1ccc(C)o1)N(C(=O)c1snc(C(N)=O)c1N)c1ccc(F)cc1. The van der Waals surface area contributed by atoms with Gasteiger partial charge in [-0.1, -0.05) is 0 Å². The second-order valence-corrected chi connectivity index (χ2v) is 7.94. The van der Waals surface area contributed by atoms with E-state index in [-0.39, 0.29) is 34.3 Å². The molecule has 0 radical (unpaired) electrons. The summed E-state index contributed by atoms with van der Waals surface area (Å²) in [5, 5.41) is 2.42. The van der Waals surface area contributed by atoms with Gasteiger partial charge in [0, 0.05) is 5.69 Å². The topological polar surface area (TPSA) is 171 Å². The molecule has 0 unspecified atom stereocenters. The van der Waals surface area contributed by atoms with Gasteiger partial charge in [0.15, 0.2) is 11.7 Å². The minimum absolute atomic E-state index is 0.0553. The van der Waals surface area contributed by atoms with Gasteiger partial charge in [-0.2, -0.15) is 4.37 Å². The molecule has 13 heteroatoms. The van der Waals surface area contributed by atoms with Gasteiger partial charge >= 0.3 is 5.97 Å². The summed E-state index contributed by atoms with van der Waals surface area (Å²) in [6, 6.07) is 6.37. The first-order valence-electron chi connectivity index (χ1n) is 10.3. The van der Waals surface area contributed by atoms with Crippen molar-refractivity contribution in [1.29, 1.82) is 0 Å². The molecule has 0 fully saturated rings. The van der Waals surface area contributed by atoms with Crippen LogP contribution in [0.5, 0.6) is 0 Å². The lowest BCUT2D eigenvalue weighted by atomic mass is 10.1. The molecule has 0 bridgehead atoms. The molecule has 0 saturated heterocycles. The lowest BCUT2D eigenvalue weighted by molar-refractivity contribution is -0.143. The highest BCUT2D eigenvalue weighted by Crippen LogP contribution is 2.33. The van der Waals surface area contributed by atoms with E-state index in [2.05, 4.69) is 9.69 Å². The Balaban J connectivity index is 2.12. The van der Waals surface area contributed by atoms with Gasteiger partial charge in [-0.05, 0) is 61.8 Å². The molecule has 11 nitrogen and oxygen atoms in total. The van der Waals surface area contributed by atoms with Gasteiger partial charge in [0.2, 0.25) is 0 Å². The third-order valence-corrected chi connectivity index (χ3v) is 5.58. The van der Waals surface area contributed by atoms with Crippen molar-refractivity contribution in [2.45, 2.75) is 19.9 Å². The van der Waals surface area contributed by atoms with E-state index < -0.39 is 42.1 Å². The van der Waals surface area contributed by atoms with Crippen LogP contribution in [0.15, 0.2) is 40.8 Å². The number of hydrogen-bond acceptors (Lipinski definition) is 9. The van der Waals surface area contributed by atoms with Crippen molar-refractivity contribution in [3.8, 4) is 0 Å². The molecular weight excluding hydrogens is 481 g/mol. The zero-order chi connectivity index (χ0) is 25.7. The first kappa shape index (κ1) is 25.4. The number of nitrogen functional groups attached to an aromatic ring is 1. The summed E-state index contributed by atoms with van der Waals surface area (Å²) in [7, 11) is 0. The molecule has 1 aromatic carbocycles. The number of carbonyl (C=O) groups excluding carboxylic acids is 4. The number of nitrogens with two attached hydrogens (primary N) is 2. The van der Waals surface area contributed by atoms with Crippen LogP contribution in [0.4, 0.5) is 15.8 Å². The van der Waals surface area contributed by atoms with Crippen molar-refractivity contribution in [2.75, 3.05) is 23.8 Å². The fourth-order valence-electron chi connectivity index (χ4n) is 3.17. The Morgan fingerprint density at radius 2 is 1.89 bits per heavy atom. The van der Waals surface area contributed by atoms with E-state index in [9.17, 15) is 23.6 Å². The fraction of sp³-hybridized carbons (Fsp3) is 0.227. The monoisotopic (exact) mass is 503 g/mol. The molecule has 3 amide bonds. The van der Waals surface area contributed by atoms with E-state index in [1.54, 1.807) is 19.9 Å². The van der Waals surface area contributed by atoms with Crippen molar-refractivity contribution < 1.29 is 32.7 Å². The molecule has 0 aliphatic rings. The summed E-state index contributed by atoms with van der Waals surface area (Å²) >= 11 is 0.616. The molecular formula is C22H22FN5O6S. The average molecular weight is 504 g/mol. The van der Waals surface area contributed by atoms with E-state index in [0.717, 1.165) is 17.0 Å². The molecule has 0 aliphatic carbocycles. The molecule has 0 aliphatic heterocycles. The first-order chi connectivity index (χ1) is 16.6. The zero-order valence-electron chi connectivity index (χ0n) is 18.7. The van der Waals surface area contributed by atoms with E-state index in [4.69, 9.17) is 20.6 Å². The number of halogens is 1. The molecule has 1 atom stereocenters. The van der Waals surface area contributed by atoms with Crippen LogP contribution in [0.25, 0.3) is 0 Å². The van der Waals surface area contributed by atoms with Crippen molar-refractivity contribution in [2.24, 2.45) is 5.73 Å². The number of primary amides is 1. The molecule has 0 spiro atoms. The van der Waals surface area contributed by atoms with Gasteiger partial charge in [0.05, 0.1) is 12.3 Å². The highest BCUT2D eigenvalue weighted by atomic mass is 32.1. The number of ether oxygens (including phenoxy) is 1. The average Bonchev–Trinajstić information content (AvgIpc) is 3.41. The smallest absolute Gasteiger partial charge is 0.325 e. The fourth-order valence-corrected chi connectivity index (χ4v) is 3.91. The Morgan fingerprint density at radius 1 is 1.20 bits per heavy atom. The number of aryl methyl sites for hydroxylation is 1. The molecule has 2 aromatic heterocycles. The molecule has 0 saturated carbocycles. The number of aromatic nitrogens is 1. The maximum atomic E-state index is 13.7. The van der Waals surface area contributed by atoms with Crippen LogP contribution in [-0.4, -0.2) is 41.2 Å². The number of anilines is 2. The van der Waals surface area contributed by atoms with Crippen LogP contribution >= 0.6 is 11.5 Å². The van der Waals surface area contributed by atoms with Crippen molar-refractivity contribution in [1.82, 2.24) is 9.69 Å².